The number of likely N-dealkylation sites (tertiary alicyclic amines) is 1. The summed E-state index contributed by atoms with van der Waals surface area (Å²) in [7, 11) is -0.131. The van der Waals surface area contributed by atoms with Crippen molar-refractivity contribution in [3.63, 3.8) is 0 Å². The number of benzene rings is 1. The van der Waals surface area contributed by atoms with Gasteiger partial charge in [0.05, 0.1) is 25.8 Å². The van der Waals surface area contributed by atoms with Gasteiger partial charge in [-0.05, 0) is 61.6 Å². The second-order valence-electron chi connectivity index (χ2n) is 10.00. The van der Waals surface area contributed by atoms with Gasteiger partial charge in [-0.2, -0.15) is 0 Å². The van der Waals surface area contributed by atoms with Crippen molar-refractivity contribution in [2.45, 2.75) is 76.2 Å². The van der Waals surface area contributed by atoms with Gasteiger partial charge in [-0.25, -0.2) is 0 Å². The Morgan fingerprint density at radius 3 is 2.52 bits per heavy atom. The summed E-state index contributed by atoms with van der Waals surface area (Å²) in [5.41, 5.74) is 1.21. The zero-order valence-corrected chi connectivity index (χ0v) is 20.0. The molecule has 0 bridgehead atoms. The molecule has 162 valence electrons. The number of carbonyl (C=O) groups is 1. The Hall–Kier alpha value is -1.37. The second-order valence-corrected chi connectivity index (χ2v) is 14.8. The molecule has 3 rings (SSSR count). The van der Waals surface area contributed by atoms with E-state index >= 15 is 0 Å². The lowest BCUT2D eigenvalue weighted by atomic mass is 9.91. The molecule has 6 heteroatoms. The maximum absolute atomic E-state index is 13.5. The Morgan fingerprint density at radius 2 is 1.90 bits per heavy atom. The highest BCUT2D eigenvalue weighted by atomic mass is 28.4. The van der Waals surface area contributed by atoms with E-state index in [1.807, 2.05) is 12.1 Å². The quantitative estimate of drug-likeness (QED) is 0.705. The molecule has 2 heterocycles. The fourth-order valence-corrected chi connectivity index (χ4v) is 5.21. The zero-order chi connectivity index (χ0) is 21.2. The summed E-state index contributed by atoms with van der Waals surface area (Å²) in [5, 5.41) is 3.66. The summed E-state index contributed by atoms with van der Waals surface area (Å²) < 4.78 is 11.7. The molecule has 0 saturated carbocycles. The van der Waals surface area contributed by atoms with E-state index in [0.717, 1.165) is 38.1 Å². The van der Waals surface area contributed by atoms with E-state index in [1.165, 1.54) is 5.56 Å². The SMILES string of the molecule is COc1ccc([C@H]2CCN[C@H]2C(=O)N2CCC[C@H]2CO[Si](C)(C)C(C)(C)C)cc1. The molecule has 1 amide bonds. The standard InChI is InChI=1S/C23H38N2O3Si/c1-23(2,3)29(5,6)28-16-18-8-7-15-25(18)22(26)21-20(13-14-24-21)17-9-11-19(27-4)12-10-17/h9-12,18,20-21,24H,7-8,13-16H2,1-6H3/t18-,20+,21+/m0/s1. The molecular formula is C23H38N2O3Si. The Labute approximate surface area is 177 Å². The van der Waals surface area contributed by atoms with Crippen molar-refractivity contribution in [1.29, 1.82) is 0 Å². The van der Waals surface area contributed by atoms with Crippen molar-refractivity contribution in [2.24, 2.45) is 0 Å². The van der Waals surface area contributed by atoms with Crippen LogP contribution in [0.5, 0.6) is 5.75 Å². The molecule has 0 aliphatic carbocycles. The monoisotopic (exact) mass is 418 g/mol. The summed E-state index contributed by atoms with van der Waals surface area (Å²) in [6.45, 7) is 13.8. The molecule has 3 atom stereocenters. The number of carbonyl (C=O) groups excluding carboxylic acids is 1. The number of rotatable bonds is 6. The number of amides is 1. The molecule has 2 aliphatic heterocycles. The van der Waals surface area contributed by atoms with Gasteiger partial charge in [0.1, 0.15) is 5.75 Å². The van der Waals surface area contributed by atoms with Crippen LogP contribution < -0.4 is 10.1 Å². The Kier molecular flexibility index (Phi) is 6.76. The van der Waals surface area contributed by atoms with E-state index in [9.17, 15) is 4.79 Å². The van der Waals surface area contributed by atoms with Crippen molar-refractivity contribution in [3.8, 4) is 5.75 Å². The van der Waals surface area contributed by atoms with E-state index in [1.54, 1.807) is 7.11 Å². The molecule has 1 aromatic rings. The third kappa shape index (κ3) is 4.86. The first kappa shape index (κ1) is 22.3. The van der Waals surface area contributed by atoms with Crippen molar-refractivity contribution in [2.75, 3.05) is 26.8 Å². The minimum Gasteiger partial charge on any atom is -0.497 e. The predicted molar refractivity (Wildman–Crippen MR) is 120 cm³/mol. The molecular weight excluding hydrogens is 380 g/mol. The van der Waals surface area contributed by atoms with Crippen LogP contribution in [-0.4, -0.2) is 58.0 Å². The van der Waals surface area contributed by atoms with E-state index in [-0.39, 0.29) is 28.9 Å². The van der Waals surface area contributed by atoms with E-state index in [0.29, 0.717) is 6.61 Å². The summed E-state index contributed by atoms with van der Waals surface area (Å²) in [4.78, 5) is 15.6. The van der Waals surface area contributed by atoms with Crippen molar-refractivity contribution >= 4 is 14.2 Å². The summed E-state index contributed by atoms with van der Waals surface area (Å²) >= 11 is 0. The largest absolute Gasteiger partial charge is 0.497 e. The van der Waals surface area contributed by atoms with Gasteiger partial charge in [0.2, 0.25) is 5.91 Å². The van der Waals surface area contributed by atoms with Gasteiger partial charge in [0.15, 0.2) is 8.32 Å². The summed E-state index contributed by atoms with van der Waals surface area (Å²) in [6, 6.07) is 8.23. The topological polar surface area (TPSA) is 50.8 Å². The van der Waals surface area contributed by atoms with Gasteiger partial charge in [0.25, 0.3) is 0 Å². The molecule has 0 unspecified atom stereocenters. The lowest BCUT2D eigenvalue weighted by Crippen LogP contribution is -2.50. The first-order valence-electron chi connectivity index (χ1n) is 11.0. The van der Waals surface area contributed by atoms with Crippen LogP contribution >= 0.6 is 0 Å². The predicted octanol–water partition coefficient (Wildman–Crippen LogP) is 4.15. The Balaban J connectivity index is 1.67. The van der Waals surface area contributed by atoms with E-state index < -0.39 is 8.32 Å². The van der Waals surface area contributed by atoms with Gasteiger partial charge in [-0.15, -0.1) is 0 Å². The van der Waals surface area contributed by atoms with Crippen molar-refractivity contribution in [3.05, 3.63) is 29.8 Å². The molecule has 2 aliphatic rings. The van der Waals surface area contributed by atoms with Gasteiger partial charge in [-0.1, -0.05) is 32.9 Å². The number of methoxy groups -OCH3 is 1. The molecule has 0 aromatic heterocycles. The fourth-order valence-electron chi connectivity index (χ4n) is 4.17. The van der Waals surface area contributed by atoms with Crippen LogP contribution in [0, 0.1) is 0 Å². The van der Waals surface area contributed by atoms with Gasteiger partial charge in [0, 0.05) is 12.5 Å². The number of ether oxygens (including phenoxy) is 1. The minimum atomic E-state index is -1.81. The lowest BCUT2D eigenvalue weighted by Gasteiger charge is -2.38. The van der Waals surface area contributed by atoms with Crippen LogP contribution in [-0.2, 0) is 9.22 Å². The fraction of sp³-hybridized carbons (Fsp3) is 0.696. The maximum atomic E-state index is 13.5. The van der Waals surface area contributed by atoms with Gasteiger partial charge in [-0.3, -0.25) is 4.79 Å². The van der Waals surface area contributed by atoms with Crippen LogP contribution in [0.3, 0.4) is 0 Å². The van der Waals surface area contributed by atoms with E-state index in [2.05, 4.69) is 56.2 Å². The van der Waals surface area contributed by atoms with Crippen LogP contribution in [0.4, 0.5) is 0 Å². The van der Waals surface area contributed by atoms with Crippen LogP contribution in [0.15, 0.2) is 24.3 Å². The third-order valence-corrected chi connectivity index (χ3v) is 11.6. The summed E-state index contributed by atoms with van der Waals surface area (Å²) in [6.07, 6.45) is 3.10. The lowest BCUT2D eigenvalue weighted by molar-refractivity contribution is -0.134. The minimum absolute atomic E-state index is 0.142. The number of nitrogens with one attached hydrogen (secondary N) is 1. The highest BCUT2D eigenvalue weighted by molar-refractivity contribution is 6.74. The average Bonchev–Trinajstić information content (AvgIpc) is 3.34. The highest BCUT2D eigenvalue weighted by Gasteiger charge is 2.42. The number of hydrogen-bond donors (Lipinski definition) is 1. The highest BCUT2D eigenvalue weighted by Crippen LogP contribution is 2.37. The zero-order valence-electron chi connectivity index (χ0n) is 19.0. The first-order chi connectivity index (χ1) is 13.6. The number of nitrogens with zero attached hydrogens (tertiary/aromatic N) is 1. The average molecular weight is 419 g/mol. The maximum Gasteiger partial charge on any atom is 0.240 e. The van der Waals surface area contributed by atoms with Crippen LogP contribution in [0.1, 0.15) is 51.5 Å². The molecule has 2 saturated heterocycles. The molecule has 29 heavy (non-hydrogen) atoms. The first-order valence-corrected chi connectivity index (χ1v) is 13.9. The van der Waals surface area contributed by atoms with Gasteiger partial charge >= 0.3 is 0 Å². The molecule has 5 nitrogen and oxygen atoms in total. The van der Waals surface area contributed by atoms with Gasteiger partial charge < -0.3 is 19.4 Å². The smallest absolute Gasteiger partial charge is 0.240 e. The Bertz CT molecular complexity index is 699. The van der Waals surface area contributed by atoms with E-state index in [4.69, 9.17) is 9.16 Å². The van der Waals surface area contributed by atoms with Crippen LogP contribution in [0.25, 0.3) is 0 Å². The van der Waals surface area contributed by atoms with Crippen molar-refractivity contribution < 1.29 is 14.0 Å². The molecule has 1 N–H and O–H groups in total. The number of hydrogen-bond acceptors (Lipinski definition) is 4. The summed E-state index contributed by atoms with van der Waals surface area (Å²) in [5.74, 6) is 1.31. The normalized spacial score (nSPS) is 25.4. The van der Waals surface area contributed by atoms with Crippen LogP contribution in [0.2, 0.25) is 18.1 Å². The van der Waals surface area contributed by atoms with Crippen molar-refractivity contribution in [1.82, 2.24) is 10.2 Å². The second kappa shape index (κ2) is 8.78. The molecule has 1 aromatic carbocycles. The molecule has 0 spiro atoms. The molecule has 0 radical (unpaired) electrons. The third-order valence-electron chi connectivity index (χ3n) is 7.13. The Morgan fingerprint density at radius 1 is 1.21 bits per heavy atom. The molecule has 2 fully saturated rings.